The first-order valence-corrected chi connectivity index (χ1v) is 7.57. The van der Waals surface area contributed by atoms with Crippen LogP contribution >= 0.6 is 11.6 Å². The van der Waals surface area contributed by atoms with Crippen molar-refractivity contribution in [2.75, 3.05) is 44.2 Å². The summed E-state index contributed by atoms with van der Waals surface area (Å²) in [6.45, 7) is 5.44. The van der Waals surface area contributed by atoms with E-state index in [-0.39, 0.29) is 5.82 Å². The summed E-state index contributed by atoms with van der Waals surface area (Å²) in [5, 5.41) is 0.337. The van der Waals surface area contributed by atoms with Crippen LogP contribution in [0.15, 0.2) is 12.3 Å². The fourth-order valence-corrected chi connectivity index (χ4v) is 2.67. The Hall–Kier alpha value is -0.910. The minimum Gasteiger partial charge on any atom is -0.353 e. The molecule has 0 amide bonds. The Morgan fingerprint density at radius 1 is 1.25 bits per heavy atom. The average molecular weight is 301 g/mol. The van der Waals surface area contributed by atoms with Crippen LogP contribution in [0, 0.1) is 5.82 Å². The van der Waals surface area contributed by atoms with E-state index in [2.05, 4.69) is 9.88 Å². The molecule has 1 aromatic heterocycles. The number of hydrogen-bond donors (Lipinski definition) is 1. The molecule has 2 N–H and O–H groups in total. The molecular formula is C14H22ClFN4. The lowest BCUT2D eigenvalue weighted by atomic mass is 10.3. The summed E-state index contributed by atoms with van der Waals surface area (Å²) in [6, 6.07) is 1.33. The van der Waals surface area contributed by atoms with E-state index in [9.17, 15) is 4.39 Å². The Bertz CT molecular complexity index is 430. The van der Waals surface area contributed by atoms with E-state index in [1.807, 2.05) is 4.90 Å². The van der Waals surface area contributed by atoms with E-state index in [0.717, 1.165) is 58.5 Å². The van der Waals surface area contributed by atoms with Gasteiger partial charge in [-0.3, -0.25) is 0 Å². The molecule has 1 aliphatic rings. The van der Waals surface area contributed by atoms with Gasteiger partial charge in [-0.1, -0.05) is 11.6 Å². The van der Waals surface area contributed by atoms with Crippen molar-refractivity contribution in [3.8, 4) is 0 Å². The first kappa shape index (κ1) is 15.5. The highest BCUT2D eigenvalue weighted by atomic mass is 35.5. The molecule has 1 saturated heterocycles. The zero-order valence-corrected chi connectivity index (χ0v) is 12.4. The lowest BCUT2D eigenvalue weighted by molar-refractivity contribution is 0.287. The molecule has 4 nitrogen and oxygen atoms in total. The van der Waals surface area contributed by atoms with Gasteiger partial charge < -0.3 is 15.5 Å². The molecule has 0 bridgehead atoms. The quantitative estimate of drug-likeness (QED) is 0.846. The van der Waals surface area contributed by atoms with E-state index in [4.69, 9.17) is 17.3 Å². The fraction of sp³-hybridized carbons (Fsp3) is 0.643. The number of aromatic nitrogens is 1. The Kier molecular flexibility index (Phi) is 6.01. The van der Waals surface area contributed by atoms with Gasteiger partial charge in [0.1, 0.15) is 0 Å². The van der Waals surface area contributed by atoms with Crippen LogP contribution in [0.4, 0.5) is 10.2 Å². The van der Waals surface area contributed by atoms with Gasteiger partial charge in [0.25, 0.3) is 0 Å². The molecule has 0 aromatic carbocycles. The highest BCUT2D eigenvalue weighted by Gasteiger charge is 2.18. The first-order chi connectivity index (χ1) is 9.70. The second-order valence-corrected chi connectivity index (χ2v) is 5.57. The molecule has 2 rings (SSSR count). The van der Waals surface area contributed by atoms with Gasteiger partial charge in [0.2, 0.25) is 0 Å². The van der Waals surface area contributed by atoms with Crippen LogP contribution in [0.25, 0.3) is 0 Å². The standard InChI is InChI=1S/C14H22ClFN4/c15-12-10-13(16)14(18-11-12)20-7-3-6-19(8-9-20)5-2-1-4-17/h10-11H,1-9,17H2. The van der Waals surface area contributed by atoms with Gasteiger partial charge in [-0.15, -0.1) is 0 Å². The molecule has 0 saturated carbocycles. The molecule has 0 unspecified atom stereocenters. The molecule has 2 heterocycles. The monoisotopic (exact) mass is 300 g/mol. The maximum Gasteiger partial charge on any atom is 0.167 e. The number of halogens is 2. The molecule has 0 spiro atoms. The molecule has 6 heteroatoms. The lowest BCUT2D eigenvalue weighted by Gasteiger charge is -2.23. The summed E-state index contributed by atoms with van der Waals surface area (Å²) in [5.41, 5.74) is 5.51. The van der Waals surface area contributed by atoms with Gasteiger partial charge >= 0.3 is 0 Å². The van der Waals surface area contributed by atoms with Crippen molar-refractivity contribution in [2.45, 2.75) is 19.3 Å². The van der Waals surface area contributed by atoms with E-state index in [0.29, 0.717) is 10.8 Å². The van der Waals surface area contributed by atoms with E-state index in [1.54, 1.807) is 0 Å². The molecular weight excluding hydrogens is 279 g/mol. The number of pyridine rings is 1. The summed E-state index contributed by atoms with van der Waals surface area (Å²) >= 11 is 5.74. The minimum absolute atomic E-state index is 0.337. The lowest BCUT2D eigenvalue weighted by Crippen LogP contribution is -2.32. The second kappa shape index (κ2) is 7.76. The number of unbranched alkanes of at least 4 members (excludes halogenated alkanes) is 1. The van der Waals surface area contributed by atoms with Gasteiger partial charge in [-0.2, -0.15) is 0 Å². The van der Waals surface area contributed by atoms with Crippen molar-refractivity contribution in [3.63, 3.8) is 0 Å². The van der Waals surface area contributed by atoms with Crippen LogP contribution in [0.3, 0.4) is 0 Å². The van der Waals surface area contributed by atoms with Crippen LogP contribution in [0.1, 0.15) is 19.3 Å². The van der Waals surface area contributed by atoms with E-state index in [1.165, 1.54) is 12.3 Å². The van der Waals surface area contributed by atoms with Crippen LogP contribution in [-0.4, -0.2) is 49.2 Å². The summed E-state index contributed by atoms with van der Waals surface area (Å²) in [5.74, 6) is 0.0762. The molecule has 0 aliphatic carbocycles. The summed E-state index contributed by atoms with van der Waals surface area (Å²) in [6.07, 6.45) is 4.72. The first-order valence-electron chi connectivity index (χ1n) is 7.19. The van der Waals surface area contributed by atoms with Crippen molar-refractivity contribution < 1.29 is 4.39 Å². The Morgan fingerprint density at radius 3 is 2.85 bits per heavy atom. The molecule has 1 fully saturated rings. The number of nitrogens with zero attached hydrogens (tertiary/aromatic N) is 3. The van der Waals surface area contributed by atoms with Crippen molar-refractivity contribution in [1.29, 1.82) is 0 Å². The predicted octanol–water partition coefficient (Wildman–Crippen LogP) is 2.13. The molecule has 20 heavy (non-hydrogen) atoms. The summed E-state index contributed by atoms with van der Waals surface area (Å²) in [4.78, 5) is 8.56. The van der Waals surface area contributed by atoms with E-state index < -0.39 is 0 Å². The maximum absolute atomic E-state index is 13.9. The zero-order chi connectivity index (χ0) is 14.4. The van der Waals surface area contributed by atoms with Crippen molar-refractivity contribution >= 4 is 17.4 Å². The van der Waals surface area contributed by atoms with Gasteiger partial charge in [0, 0.05) is 25.8 Å². The number of anilines is 1. The number of nitrogens with two attached hydrogens (primary N) is 1. The largest absolute Gasteiger partial charge is 0.353 e. The molecule has 1 aromatic rings. The Labute approximate surface area is 124 Å². The number of hydrogen-bond acceptors (Lipinski definition) is 4. The molecule has 0 radical (unpaired) electrons. The normalized spacial score (nSPS) is 17.2. The molecule has 1 aliphatic heterocycles. The van der Waals surface area contributed by atoms with Gasteiger partial charge in [0.15, 0.2) is 11.6 Å². The van der Waals surface area contributed by atoms with Gasteiger partial charge in [-0.05, 0) is 45.0 Å². The summed E-state index contributed by atoms with van der Waals surface area (Å²) in [7, 11) is 0. The third-order valence-corrected chi connectivity index (χ3v) is 3.81. The third-order valence-electron chi connectivity index (χ3n) is 3.60. The summed E-state index contributed by atoms with van der Waals surface area (Å²) < 4.78 is 13.9. The second-order valence-electron chi connectivity index (χ2n) is 5.14. The average Bonchev–Trinajstić information content (AvgIpc) is 2.65. The fourth-order valence-electron chi connectivity index (χ4n) is 2.53. The minimum atomic E-state index is -0.339. The van der Waals surface area contributed by atoms with Gasteiger partial charge in [-0.25, -0.2) is 9.37 Å². The van der Waals surface area contributed by atoms with Crippen LogP contribution in [0.5, 0.6) is 0 Å². The van der Waals surface area contributed by atoms with Crippen LogP contribution < -0.4 is 10.6 Å². The van der Waals surface area contributed by atoms with Crippen molar-refractivity contribution in [1.82, 2.24) is 9.88 Å². The Morgan fingerprint density at radius 2 is 2.10 bits per heavy atom. The number of rotatable bonds is 5. The van der Waals surface area contributed by atoms with Crippen LogP contribution in [0.2, 0.25) is 5.02 Å². The van der Waals surface area contributed by atoms with Crippen molar-refractivity contribution in [3.05, 3.63) is 23.1 Å². The topological polar surface area (TPSA) is 45.4 Å². The van der Waals surface area contributed by atoms with Crippen molar-refractivity contribution in [2.24, 2.45) is 5.73 Å². The highest BCUT2D eigenvalue weighted by Crippen LogP contribution is 2.20. The Balaban J connectivity index is 1.92. The zero-order valence-electron chi connectivity index (χ0n) is 11.7. The highest BCUT2D eigenvalue weighted by molar-refractivity contribution is 6.30. The maximum atomic E-state index is 13.9. The van der Waals surface area contributed by atoms with Crippen LogP contribution in [-0.2, 0) is 0 Å². The molecule has 0 atom stereocenters. The molecule has 112 valence electrons. The SMILES string of the molecule is NCCCCN1CCCN(c2ncc(Cl)cc2F)CC1. The predicted molar refractivity (Wildman–Crippen MR) is 80.8 cm³/mol. The van der Waals surface area contributed by atoms with E-state index >= 15 is 0 Å². The smallest absolute Gasteiger partial charge is 0.167 e. The third kappa shape index (κ3) is 4.30. The van der Waals surface area contributed by atoms with Gasteiger partial charge in [0.05, 0.1) is 5.02 Å².